The number of halogens is 1. The first-order valence-electron chi connectivity index (χ1n) is 10.6. The Labute approximate surface area is 199 Å². The number of likely N-dealkylation sites (tertiary alicyclic amines) is 1. The predicted octanol–water partition coefficient (Wildman–Crippen LogP) is 2.63. The van der Waals surface area contributed by atoms with E-state index in [1.165, 1.54) is 37.1 Å². The molecule has 33 heavy (non-hydrogen) atoms. The van der Waals surface area contributed by atoms with Crippen molar-refractivity contribution in [1.29, 1.82) is 0 Å². The molecule has 1 saturated heterocycles. The highest BCUT2D eigenvalue weighted by Gasteiger charge is 2.26. The van der Waals surface area contributed by atoms with Crippen molar-refractivity contribution in [3.63, 3.8) is 0 Å². The van der Waals surface area contributed by atoms with Crippen LogP contribution >= 0.6 is 23.4 Å². The van der Waals surface area contributed by atoms with Crippen molar-refractivity contribution >= 4 is 46.3 Å². The molecule has 0 aliphatic carbocycles. The summed E-state index contributed by atoms with van der Waals surface area (Å²) in [6.45, 7) is 3.35. The number of fused-ring (bicyclic) bond motifs is 1. The van der Waals surface area contributed by atoms with Gasteiger partial charge in [-0.15, -0.1) is 0 Å². The minimum atomic E-state index is -0.977. The molecule has 3 heterocycles. The highest BCUT2D eigenvalue weighted by atomic mass is 35.5. The minimum Gasteiger partial charge on any atom is -0.504 e. The number of hydrogen-bond acceptors (Lipinski definition) is 9. The van der Waals surface area contributed by atoms with Gasteiger partial charge >= 0.3 is 0 Å². The maximum atomic E-state index is 12.0. The zero-order valence-corrected chi connectivity index (χ0v) is 19.6. The third kappa shape index (κ3) is 4.94. The van der Waals surface area contributed by atoms with E-state index >= 15 is 0 Å². The molecule has 5 N–H and O–H groups in total. The van der Waals surface area contributed by atoms with Crippen molar-refractivity contribution < 1.29 is 20.1 Å². The summed E-state index contributed by atoms with van der Waals surface area (Å²) in [6, 6.07) is 2.67. The normalized spacial score (nSPS) is 15.8. The number of carbonyl (C=O) groups is 1. The number of aliphatic hydroxyl groups is 1. The number of amides is 1. The van der Waals surface area contributed by atoms with Gasteiger partial charge in [-0.2, -0.15) is 0 Å². The van der Waals surface area contributed by atoms with E-state index < -0.39 is 6.10 Å². The van der Waals surface area contributed by atoms with Gasteiger partial charge in [0, 0.05) is 30.6 Å². The van der Waals surface area contributed by atoms with Crippen LogP contribution in [0.2, 0.25) is 5.02 Å². The van der Waals surface area contributed by atoms with E-state index in [0.717, 1.165) is 19.3 Å². The fourth-order valence-corrected chi connectivity index (χ4v) is 5.16. The van der Waals surface area contributed by atoms with Crippen LogP contribution in [0.3, 0.4) is 0 Å². The fourth-order valence-electron chi connectivity index (χ4n) is 3.94. The highest BCUT2D eigenvalue weighted by Crippen LogP contribution is 2.40. The van der Waals surface area contributed by atoms with Gasteiger partial charge in [0.2, 0.25) is 0 Å². The molecule has 0 spiro atoms. The van der Waals surface area contributed by atoms with Gasteiger partial charge in [0.15, 0.2) is 33.6 Å². The van der Waals surface area contributed by atoms with E-state index in [0.29, 0.717) is 46.8 Å². The Morgan fingerprint density at radius 2 is 1.97 bits per heavy atom. The number of phenolic OH excluding ortho intramolecular Hbond substituents is 2. The molecule has 1 fully saturated rings. The van der Waals surface area contributed by atoms with E-state index in [2.05, 4.69) is 15.0 Å². The molecule has 0 saturated carbocycles. The number of benzene rings is 1. The number of hydrogen-bond donors (Lipinski definition) is 4. The van der Waals surface area contributed by atoms with Crippen molar-refractivity contribution in [2.24, 2.45) is 5.92 Å². The molecule has 0 unspecified atom stereocenters. The Hall–Kier alpha value is -2.76. The average molecular weight is 493 g/mol. The van der Waals surface area contributed by atoms with Gasteiger partial charge in [-0.1, -0.05) is 11.6 Å². The molecule has 12 heteroatoms. The van der Waals surface area contributed by atoms with Gasteiger partial charge in [-0.25, -0.2) is 15.0 Å². The number of aromatic hydroxyl groups is 2. The Morgan fingerprint density at radius 1 is 1.27 bits per heavy atom. The minimum absolute atomic E-state index is 0.228. The van der Waals surface area contributed by atoms with Gasteiger partial charge in [0.05, 0.1) is 5.02 Å². The van der Waals surface area contributed by atoms with Crippen LogP contribution in [-0.2, 0) is 11.3 Å². The maximum absolute atomic E-state index is 12.0. The van der Waals surface area contributed by atoms with Crippen molar-refractivity contribution in [2.45, 2.75) is 48.9 Å². The zero-order valence-electron chi connectivity index (χ0n) is 18.0. The number of carbonyl (C=O) groups excluding carboxylic acids is 1. The van der Waals surface area contributed by atoms with Crippen molar-refractivity contribution in [1.82, 2.24) is 24.4 Å². The number of phenols is 2. The first-order valence-corrected chi connectivity index (χ1v) is 11.8. The first-order chi connectivity index (χ1) is 15.7. The van der Waals surface area contributed by atoms with E-state index in [1.54, 1.807) is 4.90 Å². The lowest BCUT2D eigenvalue weighted by Crippen LogP contribution is -2.43. The molecule has 1 aliphatic heterocycles. The standard InChI is InChI=1S/C21H25ClN6O4S/c1-11(29)20(32)27-5-2-12(3-6-27)4-7-28-19-17(18(23)24-10-25-19)26-21(28)33-16-9-15(31)14(30)8-13(16)22/h8-12,29-31H,2-7H2,1H3,(H2,23,24,25)/t11-/m0/s1. The molecule has 1 aromatic carbocycles. The zero-order chi connectivity index (χ0) is 23.7. The van der Waals surface area contributed by atoms with Crippen LogP contribution in [0.1, 0.15) is 26.2 Å². The van der Waals surface area contributed by atoms with Crippen LogP contribution in [0.15, 0.2) is 28.5 Å². The van der Waals surface area contributed by atoms with E-state index in [4.69, 9.17) is 17.3 Å². The predicted molar refractivity (Wildman–Crippen MR) is 124 cm³/mol. The summed E-state index contributed by atoms with van der Waals surface area (Å²) in [6.07, 6.45) is 2.96. The Bertz CT molecular complexity index is 1180. The number of rotatable bonds is 6. The lowest BCUT2D eigenvalue weighted by Gasteiger charge is -2.32. The van der Waals surface area contributed by atoms with Crippen molar-refractivity contribution in [3.05, 3.63) is 23.5 Å². The summed E-state index contributed by atoms with van der Waals surface area (Å²) in [4.78, 5) is 27.3. The lowest BCUT2D eigenvalue weighted by atomic mass is 9.93. The molecular formula is C21H25ClN6O4S. The quantitative estimate of drug-likeness (QED) is 0.380. The van der Waals surface area contributed by atoms with Gasteiger partial charge in [0.25, 0.3) is 5.91 Å². The number of nitrogens with two attached hydrogens (primary N) is 1. The molecule has 3 aromatic rings. The van der Waals surface area contributed by atoms with Crippen LogP contribution in [-0.4, -0.2) is 64.8 Å². The van der Waals surface area contributed by atoms with Crippen LogP contribution in [0.25, 0.3) is 11.2 Å². The number of piperidine rings is 1. The molecule has 176 valence electrons. The van der Waals surface area contributed by atoms with E-state index in [1.807, 2.05) is 4.57 Å². The monoisotopic (exact) mass is 492 g/mol. The van der Waals surface area contributed by atoms with Gasteiger partial charge in [-0.3, -0.25) is 4.79 Å². The Balaban J connectivity index is 1.54. The largest absolute Gasteiger partial charge is 0.504 e. The van der Waals surface area contributed by atoms with Crippen molar-refractivity contribution in [3.8, 4) is 11.5 Å². The summed E-state index contributed by atoms with van der Waals surface area (Å²) >= 11 is 7.50. The lowest BCUT2D eigenvalue weighted by molar-refractivity contribution is -0.140. The second-order valence-electron chi connectivity index (χ2n) is 8.08. The number of aliphatic hydroxyl groups excluding tert-OH is 1. The van der Waals surface area contributed by atoms with Gasteiger partial charge < -0.3 is 30.5 Å². The Kier molecular flexibility index (Phi) is 6.82. The smallest absolute Gasteiger partial charge is 0.251 e. The van der Waals surface area contributed by atoms with E-state index in [-0.39, 0.29) is 28.2 Å². The maximum Gasteiger partial charge on any atom is 0.251 e. The number of aryl methyl sites for hydroxylation is 1. The molecule has 4 rings (SSSR count). The third-order valence-electron chi connectivity index (χ3n) is 5.80. The molecule has 1 amide bonds. The molecule has 0 bridgehead atoms. The topological polar surface area (TPSA) is 151 Å². The van der Waals surface area contributed by atoms with Crippen LogP contribution < -0.4 is 5.73 Å². The van der Waals surface area contributed by atoms with Crippen LogP contribution in [0.4, 0.5) is 5.82 Å². The summed E-state index contributed by atoms with van der Waals surface area (Å²) in [5, 5.41) is 30.0. The number of imidazole rings is 1. The first kappa shape index (κ1) is 23.4. The summed E-state index contributed by atoms with van der Waals surface area (Å²) in [5.74, 6) is -0.131. The number of anilines is 1. The Morgan fingerprint density at radius 3 is 2.67 bits per heavy atom. The summed E-state index contributed by atoms with van der Waals surface area (Å²) < 4.78 is 1.95. The van der Waals surface area contributed by atoms with Gasteiger partial charge in [0.1, 0.15) is 12.4 Å². The molecule has 1 aliphatic rings. The van der Waals surface area contributed by atoms with Gasteiger partial charge in [-0.05, 0) is 49.9 Å². The number of nitrogens with zero attached hydrogens (tertiary/aromatic N) is 5. The average Bonchev–Trinajstić information content (AvgIpc) is 3.14. The number of nitrogen functional groups attached to an aromatic ring is 1. The second kappa shape index (κ2) is 9.62. The summed E-state index contributed by atoms with van der Waals surface area (Å²) in [7, 11) is 0. The molecule has 10 nitrogen and oxygen atoms in total. The SMILES string of the molecule is C[C@H](O)C(=O)N1CCC(CCn2c(Sc3cc(O)c(O)cc3Cl)nc3c(N)ncnc32)CC1. The molecule has 1 atom stereocenters. The molecular weight excluding hydrogens is 468 g/mol. The van der Waals surface area contributed by atoms with Crippen molar-refractivity contribution in [2.75, 3.05) is 18.8 Å². The number of aromatic nitrogens is 4. The van der Waals surface area contributed by atoms with E-state index in [9.17, 15) is 20.1 Å². The third-order valence-corrected chi connectivity index (χ3v) is 7.28. The fraction of sp³-hybridized carbons (Fsp3) is 0.429. The summed E-state index contributed by atoms with van der Waals surface area (Å²) in [5.41, 5.74) is 7.10. The second-order valence-corrected chi connectivity index (χ2v) is 9.50. The molecule has 2 aromatic heterocycles. The molecule has 0 radical (unpaired) electrons. The van der Waals surface area contributed by atoms with Crippen LogP contribution in [0.5, 0.6) is 11.5 Å². The highest BCUT2D eigenvalue weighted by molar-refractivity contribution is 7.99. The van der Waals surface area contributed by atoms with Crippen LogP contribution in [0, 0.1) is 5.92 Å².